The number of carbonyl (C=O) groups is 2. The summed E-state index contributed by atoms with van der Waals surface area (Å²) in [4.78, 5) is 25.8. The number of nitrogens with one attached hydrogen (secondary N) is 1. The van der Waals surface area contributed by atoms with E-state index in [1.54, 1.807) is 18.2 Å². The summed E-state index contributed by atoms with van der Waals surface area (Å²) < 4.78 is 51.4. The molecule has 0 aliphatic carbocycles. The lowest BCUT2D eigenvalue weighted by molar-refractivity contribution is -0.130. The fraction of sp³-hybridized carbons (Fsp3) is 0.222. The number of imide groups is 1. The van der Waals surface area contributed by atoms with Crippen molar-refractivity contribution in [1.29, 1.82) is 0 Å². The first-order chi connectivity index (χ1) is 12.6. The quantitative estimate of drug-likeness (QED) is 0.788. The second kappa shape index (κ2) is 6.73. The largest absolute Gasteiger partial charge is 0.325 e. The third-order valence-corrected chi connectivity index (χ3v) is 6.17. The number of benzene rings is 2. The number of halogens is 2. The number of urea groups is 1. The zero-order valence-corrected chi connectivity index (χ0v) is 15.1. The van der Waals surface area contributed by atoms with E-state index in [2.05, 4.69) is 5.32 Å². The van der Waals surface area contributed by atoms with Crippen molar-refractivity contribution < 1.29 is 26.8 Å². The van der Waals surface area contributed by atoms with Gasteiger partial charge >= 0.3 is 6.03 Å². The molecule has 3 amide bonds. The monoisotopic (exact) mass is 394 g/mol. The van der Waals surface area contributed by atoms with Crippen LogP contribution in [0.1, 0.15) is 12.5 Å². The van der Waals surface area contributed by atoms with Crippen molar-refractivity contribution in [1.82, 2.24) is 10.2 Å². The fourth-order valence-corrected chi connectivity index (χ4v) is 4.09. The highest BCUT2D eigenvalue weighted by atomic mass is 32.2. The normalized spacial score (nSPS) is 20.0. The summed E-state index contributed by atoms with van der Waals surface area (Å²) in [6.45, 7) is 0.993. The molecule has 27 heavy (non-hydrogen) atoms. The van der Waals surface area contributed by atoms with Gasteiger partial charge in [0.15, 0.2) is 21.5 Å². The molecule has 0 radical (unpaired) electrons. The summed E-state index contributed by atoms with van der Waals surface area (Å²) in [5.41, 5.74) is -1.55. The third kappa shape index (κ3) is 3.42. The van der Waals surface area contributed by atoms with Gasteiger partial charge in [0.2, 0.25) is 0 Å². The molecule has 1 N–H and O–H groups in total. The maximum Gasteiger partial charge on any atom is 0.325 e. The van der Waals surface area contributed by atoms with E-state index in [4.69, 9.17) is 0 Å². The first-order valence-corrected chi connectivity index (χ1v) is 9.68. The van der Waals surface area contributed by atoms with Crippen LogP contribution in [0.25, 0.3) is 0 Å². The Balaban J connectivity index is 1.81. The van der Waals surface area contributed by atoms with Crippen molar-refractivity contribution in [2.45, 2.75) is 17.4 Å². The van der Waals surface area contributed by atoms with E-state index in [1.165, 1.54) is 25.1 Å². The minimum Gasteiger partial charge on any atom is -0.319 e. The number of carbonyl (C=O) groups excluding carboxylic acids is 2. The molecule has 9 heteroatoms. The molecule has 0 aromatic heterocycles. The van der Waals surface area contributed by atoms with Crippen LogP contribution in [0.3, 0.4) is 0 Å². The van der Waals surface area contributed by atoms with Crippen molar-refractivity contribution in [3.8, 4) is 0 Å². The topological polar surface area (TPSA) is 83.6 Å². The van der Waals surface area contributed by atoms with Crippen LogP contribution in [-0.4, -0.2) is 37.6 Å². The van der Waals surface area contributed by atoms with Crippen LogP contribution >= 0.6 is 0 Å². The van der Waals surface area contributed by atoms with E-state index >= 15 is 0 Å². The summed E-state index contributed by atoms with van der Waals surface area (Å²) >= 11 is 0. The Morgan fingerprint density at radius 2 is 1.70 bits per heavy atom. The van der Waals surface area contributed by atoms with Gasteiger partial charge in [-0.05, 0) is 36.8 Å². The average molecular weight is 394 g/mol. The van der Waals surface area contributed by atoms with Gasteiger partial charge in [-0.15, -0.1) is 0 Å². The van der Waals surface area contributed by atoms with E-state index in [9.17, 15) is 26.8 Å². The van der Waals surface area contributed by atoms with Crippen molar-refractivity contribution in [3.05, 3.63) is 65.7 Å². The summed E-state index contributed by atoms with van der Waals surface area (Å²) in [6.07, 6.45) is 0. The molecule has 0 bridgehead atoms. The number of rotatable bonds is 5. The molecule has 142 valence electrons. The number of nitrogens with zero attached hydrogens (tertiary/aromatic N) is 1. The van der Waals surface area contributed by atoms with E-state index in [-0.39, 0.29) is 17.0 Å². The molecule has 0 saturated carbocycles. The number of amides is 3. The van der Waals surface area contributed by atoms with Crippen LogP contribution < -0.4 is 5.32 Å². The van der Waals surface area contributed by atoms with Gasteiger partial charge in [-0.25, -0.2) is 22.0 Å². The van der Waals surface area contributed by atoms with Gasteiger partial charge in [0, 0.05) is 6.54 Å². The number of hydrogen-bond acceptors (Lipinski definition) is 4. The van der Waals surface area contributed by atoms with Gasteiger partial charge in [0.05, 0.1) is 10.6 Å². The summed E-state index contributed by atoms with van der Waals surface area (Å²) in [7, 11) is -3.69. The molecular formula is C18H16F2N2O4S. The highest BCUT2D eigenvalue weighted by Crippen LogP contribution is 2.30. The Morgan fingerprint density at radius 1 is 1.04 bits per heavy atom. The van der Waals surface area contributed by atoms with Crippen LogP contribution in [0, 0.1) is 11.6 Å². The number of sulfone groups is 1. The van der Waals surface area contributed by atoms with E-state index in [0.29, 0.717) is 0 Å². The van der Waals surface area contributed by atoms with Gasteiger partial charge in [-0.1, -0.05) is 24.3 Å². The lowest BCUT2D eigenvalue weighted by atomic mass is 9.92. The molecule has 1 atom stereocenters. The lowest BCUT2D eigenvalue weighted by Gasteiger charge is -2.22. The summed E-state index contributed by atoms with van der Waals surface area (Å²) in [5, 5.41) is 2.42. The van der Waals surface area contributed by atoms with Gasteiger partial charge in [-0.2, -0.15) is 0 Å². The van der Waals surface area contributed by atoms with Crippen LogP contribution in [0.4, 0.5) is 13.6 Å². The fourth-order valence-electron chi connectivity index (χ4n) is 2.86. The molecule has 3 rings (SSSR count). The molecule has 1 fully saturated rings. The standard InChI is InChI=1S/C18H16F2N2O4S/c1-18(12-7-8-14(19)15(20)11-12)16(23)22(17(24)21-18)9-10-27(25,26)13-5-3-2-4-6-13/h2-8,11H,9-10H2,1H3,(H,21,24). The maximum absolute atomic E-state index is 13.5. The third-order valence-electron chi connectivity index (χ3n) is 4.46. The molecule has 1 aliphatic rings. The molecule has 0 spiro atoms. The second-order valence-electron chi connectivity index (χ2n) is 6.27. The van der Waals surface area contributed by atoms with Crippen LogP contribution in [-0.2, 0) is 20.2 Å². The zero-order chi connectivity index (χ0) is 19.8. The number of hydrogen-bond donors (Lipinski definition) is 1. The minimum absolute atomic E-state index is 0.0631. The van der Waals surface area contributed by atoms with Gasteiger partial charge in [0.1, 0.15) is 5.54 Å². The molecule has 1 heterocycles. The molecule has 1 unspecified atom stereocenters. The summed E-state index contributed by atoms with van der Waals surface area (Å²) in [6, 6.07) is 9.75. The average Bonchev–Trinajstić information content (AvgIpc) is 2.86. The second-order valence-corrected chi connectivity index (χ2v) is 8.38. The minimum atomic E-state index is -3.69. The molecular weight excluding hydrogens is 378 g/mol. The first-order valence-electron chi connectivity index (χ1n) is 8.02. The Hall–Kier alpha value is -2.81. The van der Waals surface area contributed by atoms with Crippen molar-refractivity contribution >= 4 is 21.8 Å². The predicted octanol–water partition coefficient (Wildman–Crippen LogP) is 2.21. The molecule has 1 saturated heterocycles. The van der Waals surface area contributed by atoms with E-state index < -0.39 is 44.7 Å². The molecule has 2 aromatic carbocycles. The Kier molecular flexibility index (Phi) is 4.73. The molecule has 1 aliphatic heterocycles. The first kappa shape index (κ1) is 19.0. The zero-order valence-electron chi connectivity index (χ0n) is 14.3. The van der Waals surface area contributed by atoms with Crippen molar-refractivity contribution in [2.24, 2.45) is 0 Å². The van der Waals surface area contributed by atoms with Crippen LogP contribution in [0.5, 0.6) is 0 Å². The SMILES string of the molecule is CC1(c2ccc(F)c(F)c2)NC(=O)N(CCS(=O)(=O)c2ccccc2)C1=O. The Labute approximate surface area is 154 Å². The Bertz CT molecular complexity index is 1010. The van der Waals surface area contributed by atoms with Crippen molar-refractivity contribution in [3.63, 3.8) is 0 Å². The van der Waals surface area contributed by atoms with Gasteiger partial charge in [0.25, 0.3) is 5.91 Å². The van der Waals surface area contributed by atoms with Crippen LogP contribution in [0.2, 0.25) is 0 Å². The summed E-state index contributed by atoms with van der Waals surface area (Å²) in [5.74, 6) is -3.42. The Morgan fingerprint density at radius 3 is 2.33 bits per heavy atom. The maximum atomic E-state index is 13.5. The predicted molar refractivity (Wildman–Crippen MR) is 92.4 cm³/mol. The lowest BCUT2D eigenvalue weighted by Crippen LogP contribution is -2.41. The van der Waals surface area contributed by atoms with E-state index in [1.807, 2.05) is 0 Å². The smallest absolute Gasteiger partial charge is 0.319 e. The highest BCUT2D eigenvalue weighted by Gasteiger charge is 2.49. The van der Waals surface area contributed by atoms with Gasteiger partial charge in [-0.3, -0.25) is 9.69 Å². The van der Waals surface area contributed by atoms with E-state index in [0.717, 1.165) is 17.0 Å². The van der Waals surface area contributed by atoms with Crippen LogP contribution in [0.15, 0.2) is 53.4 Å². The van der Waals surface area contributed by atoms with Crippen molar-refractivity contribution in [2.75, 3.05) is 12.3 Å². The molecule has 6 nitrogen and oxygen atoms in total. The highest BCUT2D eigenvalue weighted by molar-refractivity contribution is 7.91. The molecule has 2 aromatic rings. The van der Waals surface area contributed by atoms with Gasteiger partial charge < -0.3 is 5.32 Å².